The molecule has 0 bridgehead atoms. The molecule has 2 N–H and O–H groups in total. The van der Waals surface area contributed by atoms with Gasteiger partial charge < -0.3 is 5.73 Å². The lowest BCUT2D eigenvalue weighted by Crippen LogP contribution is -2.06. The number of anilines is 1. The molecule has 1 aromatic heterocycles. The number of hydrogen-bond donors (Lipinski definition) is 1. The van der Waals surface area contributed by atoms with Crippen LogP contribution in [0.2, 0.25) is 5.15 Å². The van der Waals surface area contributed by atoms with Gasteiger partial charge >= 0.3 is 0 Å². The quantitative estimate of drug-likeness (QED) is 0.527. The topological polar surface area (TPSA) is 51.3 Å². The number of nitrogens with two attached hydrogens (primary N) is 1. The summed E-state index contributed by atoms with van der Waals surface area (Å²) in [5.41, 5.74) is 9.77. The van der Waals surface area contributed by atoms with Crippen LogP contribution in [-0.2, 0) is 0 Å². The summed E-state index contributed by atoms with van der Waals surface area (Å²) in [6, 6.07) is 6.71. The van der Waals surface area contributed by atoms with E-state index in [1.807, 2.05) is 6.92 Å². The van der Waals surface area contributed by atoms with Gasteiger partial charge in [0.15, 0.2) is 0 Å². The van der Waals surface area contributed by atoms with Crippen molar-refractivity contribution < 1.29 is 4.39 Å². The minimum atomic E-state index is -0.444. The predicted octanol–water partition coefficient (Wildman–Crippen LogP) is 4.12. The SMILES string of the molecule is C=C(C)C(=NC)c1cc(-c2cc(Cl)ncc2F)ccc1N. The van der Waals surface area contributed by atoms with Crippen LogP contribution in [0.1, 0.15) is 12.5 Å². The first-order valence-corrected chi connectivity index (χ1v) is 6.65. The zero-order valence-electron chi connectivity index (χ0n) is 11.8. The number of hydrogen-bond acceptors (Lipinski definition) is 3. The Kier molecular flexibility index (Phi) is 4.38. The van der Waals surface area contributed by atoms with Gasteiger partial charge in [0.2, 0.25) is 0 Å². The van der Waals surface area contributed by atoms with Crippen molar-refractivity contribution in [1.29, 1.82) is 0 Å². The smallest absolute Gasteiger partial charge is 0.149 e. The van der Waals surface area contributed by atoms with E-state index in [1.54, 1.807) is 25.2 Å². The molecule has 0 radical (unpaired) electrons. The maximum atomic E-state index is 13.9. The van der Waals surface area contributed by atoms with Crippen molar-refractivity contribution in [2.24, 2.45) is 4.99 Å². The molecule has 0 aliphatic heterocycles. The molecule has 1 heterocycles. The van der Waals surface area contributed by atoms with Crippen molar-refractivity contribution in [3.63, 3.8) is 0 Å². The average molecular weight is 304 g/mol. The van der Waals surface area contributed by atoms with Crippen molar-refractivity contribution >= 4 is 23.0 Å². The van der Waals surface area contributed by atoms with E-state index in [0.717, 1.165) is 17.3 Å². The molecule has 0 saturated heterocycles. The standard InChI is InChI=1S/C16H15ClFN3/c1-9(2)16(20-3)12-6-10(4-5-14(12)19)11-7-15(17)21-8-13(11)18/h4-8H,1,19H2,2-3H3. The van der Waals surface area contributed by atoms with E-state index in [1.165, 1.54) is 6.07 Å². The number of rotatable bonds is 3. The Labute approximate surface area is 128 Å². The van der Waals surface area contributed by atoms with E-state index < -0.39 is 5.82 Å². The zero-order chi connectivity index (χ0) is 15.6. The fourth-order valence-corrected chi connectivity index (χ4v) is 2.26. The highest BCUT2D eigenvalue weighted by atomic mass is 35.5. The highest BCUT2D eigenvalue weighted by Gasteiger charge is 2.12. The molecule has 3 nitrogen and oxygen atoms in total. The van der Waals surface area contributed by atoms with Crippen LogP contribution in [0.3, 0.4) is 0 Å². The van der Waals surface area contributed by atoms with E-state index in [0.29, 0.717) is 22.5 Å². The molecule has 0 saturated carbocycles. The fraction of sp³-hybridized carbons (Fsp3) is 0.125. The third-order valence-electron chi connectivity index (χ3n) is 3.07. The molecule has 108 valence electrons. The van der Waals surface area contributed by atoms with Gasteiger partial charge in [-0.15, -0.1) is 0 Å². The predicted molar refractivity (Wildman–Crippen MR) is 86.3 cm³/mol. The Balaban J connectivity index is 2.63. The van der Waals surface area contributed by atoms with Crippen molar-refractivity contribution in [3.05, 3.63) is 59.1 Å². The number of halogens is 2. The molecule has 0 spiro atoms. The van der Waals surface area contributed by atoms with Crippen molar-refractivity contribution in [3.8, 4) is 11.1 Å². The second-order valence-corrected chi connectivity index (χ2v) is 5.03. The van der Waals surface area contributed by atoms with Gasteiger partial charge in [-0.25, -0.2) is 9.37 Å². The molecule has 2 rings (SSSR count). The number of nitrogens with zero attached hydrogens (tertiary/aromatic N) is 2. The zero-order valence-corrected chi connectivity index (χ0v) is 12.6. The molecule has 0 aliphatic rings. The molecular weight excluding hydrogens is 289 g/mol. The summed E-state index contributed by atoms with van der Waals surface area (Å²) in [5, 5.41) is 0.231. The normalized spacial score (nSPS) is 11.5. The summed E-state index contributed by atoms with van der Waals surface area (Å²) in [5.74, 6) is -0.444. The van der Waals surface area contributed by atoms with Crippen LogP contribution in [0.15, 0.2) is 47.6 Å². The Hall–Kier alpha value is -2.20. The lowest BCUT2D eigenvalue weighted by Gasteiger charge is -2.12. The van der Waals surface area contributed by atoms with E-state index >= 15 is 0 Å². The second-order valence-electron chi connectivity index (χ2n) is 4.64. The number of aliphatic imine (C=N–C) groups is 1. The van der Waals surface area contributed by atoms with Gasteiger partial charge in [-0.3, -0.25) is 4.99 Å². The van der Waals surface area contributed by atoms with Crippen molar-refractivity contribution in [2.45, 2.75) is 6.92 Å². The van der Waals surface area contributed by atoms with Gasteiger partial charge in [0.1, 0.15) is 11.0 Å². The van der Waals surface area contributed by atoms with Crippen LogP contribution in [0.5, 0.6) is 0 Å². The second kappa shape index (κ2) is 6.06. The molecule has 1 aromatic carbocycles. The first-order chi connectivity index (χ1) is 9.93. The summed E-state index contributed by atoms with van der Waals surface area (Å²) in [4.78, 5) is 7.91. The summed E-state index contributed by atoms with van der Waals surface area (Å²) in [6.45, 7) is 5.73. The van der Waals surface area contributed by atoms with Gasteiger partial charge in [0.25, 0.3) is 0 Å². The van der Waals surface area contributed by atoms with Crippen LogP contribution < -0.4 is 5.73 Å². The van der Waals surface area contributed by atoms with Crippen molar-refractivity contribution in [1.82, 2.24) is 4.98 Å². The highest BCUT2D eigenvalue weighted by Crippen LogP contribution is 2.28. The minimum Gasteiger partial charge on any atom is -0.398 e. The number of benzene rings is 1. The lowest BCUT2D eigenvalue weighted by atomic mass is 9.97. The van der Waals surface area contributed by atoms with Crippen LogP contribution >= 0.6 is 11.6 Å². The Morgan fingerprint density at radius 3 is 2.71 bits per heavy atom. The minimum absolute atomic E-state index is 0.231. The highest BCUT2D eigenvalue weighted by molar-refractivity contribution is 6.29. The van der Waals surface area contributed by atoms with E-state index in [4.69, 9.17) is 17.3 Å². The first-order valence-electron chi connectivity index (χ1n) is 6.28. The molecule has 0 atom stereocenters. The van der Waals surface area contributed by atoms with E-state index in [2.05, 4.69) is 16.6 Å². The summed E-state index contributed by atoms with van der Waals surface area (Å²) in [7, 11) is 1.67. The number of aromatic nitrogens is 1. The van der Waals surface area contributed by atoms with Gasteiger partial charge in [-0.1, -0.05) is 24.2 Å². The van der Waals surface area contributed by atoms with Gasteiger partial charge in [-0.2, -0.15) is 0 Å². The van der Waals surface area contributed by atoms with Crippen molar-refractivity contribution in [2.75, 3.05) is 12.8 Å². The average Bonchev–Trinajstić information content (AvgIpc) is 2.44. The molecule has 0 unspecified atom stereocenters. The van der Waals surface area contributed by atoms with Crippen LogP contribution in [0, 0.1) is 5.82 Å². The maximum absolute atomic E-state index is 13.9. The number of allylic oxidation sites excluding steroid dienone is 1. The lowest BCUT2D eigenvalue weighted by molar-refractivity contribution is 0.625. The molecule has 0 amide bonds. The van der Waals surface area contributed by atoms with Crippen LogP contribution in [0.25, 0.3) is 11.1 Å². The largest absolute Gasteiger partial charge is 0.398 e. The molecule has 5 heteroatoms. The fourth-order valence-electron chi connectivity index (χ4n) is 2.10. The summed E-state index contributed by atoms with van der Waals surface area (Å²) in [6.07, 6.45) is 1.10. The van der Waals surface area contributed by atoms with Gasteiger partial charge in [0.05, 0.1) is 11.9 Å². The third-order valence-corrected chi connectivity index (χ3v) is 3.28. The Bertz CT molecular complexity index is 738. The number of nitrogen functional groups attached to an aromatic ring is 1. The molecule has 0 aliphatic carbocycles. The van der Waals surface area contributed by atoms with E-state index in [-0.39, 0.29) is 5.15 Å². The van der Waals surface area contributed by atoms with Crippen LogP contribution in [0.4, 0.5) is 10.1 Å². The molecule has 21 heavy (non-hydrogen) atoms. The molecular formula is C16H15ClFN3. The monoisotopic (exact) mass is 303 g/mol. The van der Waals surface area contributed by atoms with E-state index in [9.17, 15) is 4.39 Å². The molecule has 2 aromatic rings. The Morgan fingerprint density at radius 2 is 2.10 bits per heavy atom. The maximum Gasteiger partial charge on any atom is 0.149 e. The Morgan fingerprint density at radius 1 is 1.38 bits per heavy atom. The van der Waals surface area contributed by atoms with Gasteiger partial charge in [-0.05, 0) is 36.3 Å². The first kappa shape index (κ1) is 15.2. The number of pyridine rings is 1. The summed E-state index contributed by atoms with van der Waals surface area (Å²) < 4.78 is 13.9. The summed E-state index contributed by atoms with van der Waals surface area (Å²) >= 11 is 5.84. The van der Waals surface area contributed by atoms with Gasteiger partial charge in [0, 0.05) is 23.9 Å². The third kappa shape index (κ3) is 3.11. The van der Waals surface area contributed by atoms with Crippen LogP contribution in [-0.4, -0.2) is 17.7 Å². The molecule has 0 fully saturated rings.